The average molecular weight is 322 g/mol. The third-order valence-corrected chi connectivity index (χ3v) is 3.25. The number of hydrogen-bond acceptors (Lipinski definition) is 6. The van der Waals surface area contributed by atoms with E-state index in [-0.39, 0.29) is 12.6 Å². The van der Waals surface area contributed by atoms with Crippen LogP contribution in [-0.2, 0) is 4.74 Å². The Morgan fingerprint density at radius 3 is 2.68 bits per heavy atom. The van der Waals surface area contributed by atoms with Gasteiger partial charge in [-0.05, 0) is 19.1 Å². The summed E-state index contributed by atoms with van der Waals surface area (Å²) in [5.74, 6) is -0.0301. The molecular weight excluding hydrogens is 306 g/mol. The molecule has 0 unspecified atom stereocenters. The molecule has 1 atom stereocenters. The number of benzene rings is 1. The van der Waals surface area contributed by atoms with Gasteiger partial charge < -0.3 is 15.2 Å². The summed E-state index contributed by atoms with van der Waals surface area (Å²) in [6.45, 7) is 1.78. The lowest BCUT2D eigenvalue weighted by molar-refractivity contribution is 0.0601. The fraction of sp³-hybridized carbons (Fsp3) is 0.267. The predicted octanol–water partition coefficient (Wildman–Crippen LogP) is 2.38. The van der Waals surface area contributed by atoms with Gasteiger partial charge in [-0.15, -0.1) is 0 Å². The van der Waals surface area contributed by atoms with Crippen molar-refractivity contribution in [2.24, 2.45) is 0 Å². The zero-order chi connectivity index (χ0) is 16.1. The van der Waals surface area contributed by atoms with Gasteiger partial charge in [-0.2, -0.15) is 0 Å². The van der Waals surface area contributed by atoms with E-state index in [9.17, 15) is 4.79 Å². The van der Waals surface area contributed by atoms with E-state index in [1.54, 1.807) is 24.3 Å². The molecule has 0 aliphatic heterocycles. The molecular formula is C15H16ClN3O3. The second-order valence-corrected chi connectivity index (χ2v) is 5.09. The maximum absolute atomic E-state index is 11.4. The smallest absolute Gasteiger partial charge is 0.337 e. The van der Waals surface area contributed by atoms with Crippen LogP contribution < -0.4 is 5.32 Å². The minimum Gasteiger partial charge on any atom is -0.465 e. The van der Waals surface area contributed by atoms with Gasteiger partial charge in [0.2, 0.25) is 5.95 Å². The van der Waals surface area contributed by atoms with E-state index in [4.69, 9.17) is 16.7 Å². The SMILES string of the molecule is COC(=O)c1ccc(-c2nc(N[C@@H](C)CO)ncc2Cl)cc1. The number of halogens is 1. The number of carbonyl (C=O) groups excluding carboxylic acids is 1. The van der Waals surface area contributed by atoms with E-state index in [1.165, 1.54) is 13.3 Å². The zero-order valence-corrected chi connectivity index (χ0v) is 13.0. The summed E-state index contributed by atoms with van der Waals surface area (Å²) < 4.78 is 4.66. The van der Waals surface area contributed by atoms with Gasteiger partial charge in [0.15, 0.2) is 0 Å². The zero-order valence-electron chi connectivity index (χ0n) is 12.2. The molecule has 7 heteroatoms. The monoisotopic (exact) mass is 321 g/mol. The topological polar surface area (TPSA) is 84.3 Å². The summed E-state index contributed by atoms with van der Waals surface area (Å²) in [7, 11) is 1.33. The number of methoxy groups -OCH3 is 1. The van der Waals surface area contributed by atoms with Crippen LogP contribution in [0.4, 0.5) is 5.95 Å². The van der Waals surface area contributed by atoms with Crippen molar-refractivity contribution in [3.63, 3.8) is 0 Å². The molecule has 2 N–H and O–H groups in total. The van der Waals surface area contributed by atoms with E-state index < -0.39 is 5.97 Å². The number of aliphatic hydroxyl groups is 1. The van der Waals surface area contributed by atoms with E-state index in [2.05, 4.69) is 20.0 Å². The Morgan fingerprint density at radius 1 is 1.41 bits per heavy atom. The molecule has 2 aromatic rings. The Kier molecular flexibility index (Phi) is 5.30. The van der Waals surface area contributed by atoms with Crippen molar-refractivity contribution in [2.75, 3.05) is 19.0 Å². The molecule has 0 aliphatic carbocycles. The lowest BCUT2D eigenvalue weighted by Gasteiger charge is -2.12. The number of nitrogens with zero attached hydrogens (tertiary/aromatic N) is 2. The van der Waals surface area contributed by atoms with E-state index in [1.807, 2.05) is 6.92 Å². The molecule has 0 bridgehead atoms. The quantitative estimate of drug-likeness (QED) is 0.823. The van der Waals surface area contributed by atoms with Crippen molar-refractivity contribution in [1.29, 1.82) is 0 Å². The Bertz CT molecular complexity index is 662. The van der Waals surface area contributed by atoms with Gasteiger partial charge in [0.05, 0.1) is 36.2 Å². The van der Waals surface area contributed by atoms with Crippen molar-refractivity contribution in [1.82, 2.24) is 9.97 Å². The van der Waals surface area contributed by atoms with Crippen LogP contribution in [-0.4, -0.2) is 40.8 Å². The largest absolute Gasteiger partial charge is 0.465 e. The average Bonchev–Trinajstić information content (AvgIpc) is 2.56. The predicted molar refractivity (Wildman–Crippen MR) is 84.0 cm³/mol. The molecule has 22 heavy (non-hydrogen) atoms. The molecule has 0 saturated carbocycles. The van der Waals surface area contributed by atoms with Crippen LogP contribution in [0.2, 0.25) is 5.02 Å². The molecule has 6 nitrogen and oxygen atoms in total. The first-order valence-corrected chi connectivity index (χ1v) is 7.01. The summed E-state index contributed by atoms with van der Waals surface area (Å²) >= 11 is 6.14. The molecule has 0 radical (unpaired) electrons. The number of hydrogen-bond donors (Lipinski definition) is 2. The Balaban J connectivity index is 2.31. The molecule has 0 amide bonds. The van der Waals surface area contributed by atoms with E-state index in [0.717, 1.165) is 5.56 Å². The van der Waals surface area contributed by atoms with Gasteiger partial charge in [-0.3, -0.25) is 0 Å². The normalized spacial score (nSPS) is 11.8. The number of nitrogens with one attached hydrogen (secondary N) is 1. The van der Waals surface area contributed by atoms with Crippen LogP contribution in [0.15, 0.2) is 30.5 Å². The highest BCUT2D eigenvalue weighted by Gasteiger charge is 2.11. The minimum absolute atomic E-state index is 0.0326. The lowest BCUT2D eigenvalue weighted by Crippen LogP contribution is -2.20. The highest BCUT2D eigenvalue weighted by molar-refractivity contribution is 6.32. The highest BCUT2D eigenvalue weighted by Crippen LogP contribution is 2.26. The van der Waals surface area contributed by atoms with Crippen molar-refractivity contribution in [3.8, 4) is 11.3 Å². The molecule has 1 aromatic carbocycles. The van der Waals surface area contributed by atoms with Gasteiger partial charge in [-0.1, -0.05) is 23.7 Å². The van der Waals surface area contributed by atoms with Gasteiger partial charge >= 0.3 is 5.97 Å². The van der Waals surface area contributed by atoms with E-state index >= 15 is 0 Å². The summed E-state index contributed by atoms with van der Waals surface area (Å²) in [6, 6.07) is 6.58. The molecule has 116 valence electrons. The standard InChI is InChI=1S/C15H16ClN3O3/c1-9(8-20)18-15-17-7-12(16)13(19-15)10-3-5-11(6-4-10)14(21)22-2/h3-7,9,20H,8H2,1-2H3,(H,17,18,19)/t9-/m0/s1. The van der Waals surface area contributed by atoms with Crippen LogP contribution in [0.3, 0.4) is 0 Å². The number of anilines is 1. The molecule has 0 aliphatic rings. The number of rotatable bonds is 5. The molecule has 0 spiro atoms. The molecule has 0 fully saturated rings. The Labute approximate surface area is 133 Å². The van der Waals surface area contributed by atoms with Crippen molar-refractivity contribution in [2.45, 2.75) is 13.0 Å². The maximum atomic E-state index is 11.4. The number of esters is 1. The first-order valence-electron chi connectivity index (χ1n) is 6.64. The number of aliphatic hydroxyl groups excluding tert-OH is 1. The first-order chi connectivity index (χ1) is 10.5. The lowest BCUT2D eigenvalue weighted by atomic mass is 10.1. The Morgan fingerprint density at radius 2 is 2.09 bits per heavy atom. The summed E-state index contributed by atoms with van der Waals surface area (Å²) in [5, 5.41) is 12.4. The van der Waals surface area contributed by atoms with Crippen LogP contribution in [0.5, 0.6) is 0 Å². The highest BCUT2D eigenvalue weighted by atomic mass is 35.5. The first kappa shape index (κ1) is 16.2. The number of aromatic nitrogens is 2. The van der Waals surface area contributed by atoms with Crippen LogP contribution in [0, 0.1) is 0 Å². The van der Waals surface area contributed by atoms with Gasteiger partial charge in [0.25, 0.3) is 0 Å². The minimum atomic E-state index is -0.403. The van der Waals surface area contributed by atoms with Gasteiger partial charge in [0.1, 0.15) is 0 Å². The Hall–Kier alpha value is -2.18. The van der Waals surface area contributed by atoms with Gasteiger partial charge in [-0.25, -0.2) is 14.8 Å². The van der Waals surface area contributed by atoms with Gasteiger partial charge in [0, 0.05) is 11.6 Å². The van der Waals surface area contributed by atoms with Crippen LogP contribution in [0.25, 0.3) is 11.3 Å². The number of carbonyl (C=O) groups is 1. The fourth-order valence-electron chi connectivity index (χ4n) is 1.79. The molecule has 2 rings (SSSR count). The van der Waals surface area contributed by atoms with Crippen molar-refractivity contribution < 1.29 is 14.6 Å². The second-order valence-electron chi connectivity index (χ2n) is 4.69. The maximum Gasteiger partial charge on any atom is 0.337 e. The summed E-state index contributed by atoms with van der Waals surface area (Å²) in [4.78, 5) is 19.8. The van der Waals surface area contributed by atoms with Crippen molar-refractivity contribution >= 4 is 23.5 Å². The van der Waals surface area contributed by atoms with E-state index in [0.29, 0.717) is 22.2 Å². The third kappa shape index (κ3) is 3.72. The van der Waals surface area contributed by atoms with Crippen LogP contribution >= 0.6 is 11.6 Å². The second kappa shape index (κ2) is 7.20. The van der Waals surface area contributed by atoms with Crippen LogP contribution in [0.1, 0.15) is 17.3 Å². The summed E-state index contributed by atoms with van der Waals surface area (Å²) in [5.41, 5.74) is 1.74. The van der Waals surface area contributed by atoms with Crippen molar-refractivity contribution in [3.05, 3.63) is 41.0 Å². The third-order valence-electron chi connectivity index (χ3n) is 2.97. The molecule has 1 heterocycles. The summed E-state index contributed by atoms with van der Waals surface area (Å²) in [6.07, 6.45) is 1.49. The fourth-order valence-corrected chi connectivity index (χ4v) is 1.99. The molecule has 0 saturated heterocycles. The number of ether oxygens (including phenoxy) is 1. The molecule has 1 aromatic heterocycles.